The van der Waals surface area contributed by atoms with Crippen molar-refractivity contribution >= 4 is 34.9 Å². The molecule has 11 nitrogen and oxygen atoms in total. The van der Waals surface area contributed by atoms with Crippen molar-refractivity contribution in [2.75, 3.05) is 6.54 Å². The van der Waals surface area contributed by atoms with E-state index in [0.717, 1.165) is 47.0 Å². The predicted molar refractivity (Wildman–Crippen MR) is 174 cm³/mol. The number of carbonyl (C=O) groups is 4. The normalized spacial score (nSPS) is 17.6. The zero-order chi connectivity index (χ0) is 33.6. The van der Waals surface area contributed by atoms with Gasteiger partial charge in [0.1, 0.15) is 22.9 Å². The number of pyridine rings is 1. The van der Waals surface area contributed by atoms with Crippen LogP contribution in [0.1, 0.15) is 101 Å². The van der Waals surface area contributed by atoms with Crippen LogP contribution in [0.3, 0.4) is 0 Å². The quantitative estimate of drug-likeness (QED) is 0.334. The number of hydrogen-bond donors (Lipinski definition) is 1. The molecule has 1 unspecified atom stereocenters. The van der Waals surface area contributed by atoms with Gasteiger partial charge in [0.25, 0.3) is 5.91 Å². The third-order valence-corrected chi connectivity index (χ3v) is 8.34. The summed E-state index contributed by atoms with van der Waals surface area (Å²) < 4.78 is 13.1. The lowest BCUT2D eigenvalue weighted by atomic mass is 9.92. The summed E-state index contributed by atoms with van der Waals surface area (Å²) in [4.78, 5) is 59.8. The van der Waals surface area contributed by atoms with E-state index in [9.17, 15) is 19.2 Å². The number of hydrogen-bond acceptors (Lipinski definition) is 7. The molecule has 246 valence electrons. The third-order valence-electron chi connectivity index (χ3n) is 8.34. The standard InChI is InChI=1S/C35H45N5O6/c1-34(2,3)45-29(41)14-13-28(30(36)42)40-20-22-18-21(11-12-23(22)32(40)43)26-19-25(24-15-17-38(7)31(24)37-26)27-10-8-9-16-39(27)33(44)46-35(4,5)6/h11-12,15,17-19,27-28H,8-10,13-14,16,20H2,1-7H3,(H2,36,42)/t27?,28-/m0/s1. The Hall–Kier alpha value is -4.41. The zero-order valence-corrected chi connectivity index (χ0v) is 27.9. The number of likely N-dealkylation sites (tertiary alicyclic amines) is 1. The highest BCUT2D eigenvalue weighted by Crippen LogP contribution is 2.39. The average Bonchev–Trinajstić information content (AvgIpc) is 3.49. The van der Waals surface area contributed by atoms with E-state index in [4.69, 9.17) is 20.2 Å². The van der Waals surface area contributed by atoms with Crippen LogP contribution in [-0.4, -0.2) is 67.0 Å². The van der Waals surface area contributed by atoms with Gasteiger partial charge in [-0.25, -0.2) is 9.78 Å². The number of nitrogens with two attached hydrogens (primary N) is 1. The molecule has 0 bridgehead atoms. The minimum absolute atomic E-state index is 0.0406. The lowest BCUT2D eigenvalue weighted by molar-refractivity contribution is -0.155. The van der Waals surface area contributed by atoms with Gasteiger partial charge in [-0.2, -0.15) is 0 Å². The molecule has 0 aliphatic carbocycles. The molecule has 0 saturated carbocycles. The smallest absolute Gasteiger partial charge is 0.410 e. The van der Waals surface area contributed by atoms with E-state index in [1.165, 1.54) is 4.90 Å². The summed E-state index contributed by atoms with van der Waals surface area (Å²) in [6.07, 6.45) is 4.37. The zero-order valence-electron chi connectivity index (χ0n) is 27.9. The molecule has 2 N–H and O–H groups in total. The first kappa shape index (κ1) is 33.0. The molecule has 1 saturated heterocycles. The topological polar surface area (TPSA) is 137 Å². The number of piperidine rings is 1. The molecule has 2 atom stereocenters. The van der Waals surface area contributed by atoms with Crippen molar-refractivity contribution in [3.63, 3.8) is 0 Å². The maximum absolute atomic E-state index is 13.4. The highest BCUT2D eigenvalue weighted by Gasteiger charge is 2.37. The van der Waals surface area contributed by atoms with Crippen LogP contribution < -0.4 is 5.73 Å². The van der Waals surface area contributed by atoms with E-state index >= 15 is 0 Å². The van der Waals surface area contributed by atoms with E-state index in [2.05, 4.69) is 0 Å². The number of aryl methyl sites for hydroxylation is 1. The average molecular weight is 632 g/mol. The van der Waals surface area contributed by atoms with Crippen molar-refractivity contribution < 1.29 is 28.7 Å². The minimum Gasteiger partial charge on any atom is -0.460 e. The molecule has 1 fully saturated rings. The van der Waals surface area contributed by atoms with Crippen molar-refractivity contribution in [2.24, 2.45) is 12.8 Å². The van der Waals surface area contributed by atoms with Crippen LogP contribution in [0.15, 0.2) is 36.5 Å². The Kier molecular flexibility index (Phi) is 8.90. The first-order chi connectivity index (χ1) is 21.5. The first-order valence-electron chi connectivity index (χ1n) is 15.9. The summed E-state index contributed by atoms with van der Waals surface area (Å²) in [5, 5.41) is 0.975. The lowest BCUT2D eigenvalue weighted by Crippen LogP contribution is -2.45. The van der Waals surface area contributed by atoms with Gasteiger partial charge in [-0.3, -0.25) is 14.4 Å². The number of esters is 1. The van der Waals surface area contributed by atoms with Crippen molar-refractivity contribution in [1.82, 2.24) is 19.4 Å². The Bertz CT molecular complexity index is 1680. The Morgan fingerprint density at radius 1 is 1.02 bits per heavy atom. The SMILES string of the molecule is Cn1ccc2c(C3CCCCN3C(=O)OC(C)(C)C)cc(-c3ccc4c(c3)CN([C@@H](CCC(=O)OC(C)(C)C)C(N)=O)C4=O)nc21. The minimum atomic E-state index is -0.953. The summed E-state index contributed by atoms with van der Waals surface area (Å²) in [7, 11) is 1.94. The number of fused-ring (bicyclic) bond motifs is 2. The molecule has 2 aromatic heterocycles. The summed E-state index contributed by atoms with van der Waals surface area (Å²) in [6.45, 7) is 11.7. The van der Waals surface area contributed by atoms with Gasteiger partial charge in [0.05, 0.1) is 11.7 Å². The molecular weight excluding hydrogens is 586 g/mol. The number of benzene rings is 1. The summed E-state index contributed by atoms with van der Waals surface area (Å²) in [5.41, 5.74) is 9.00. The summed E-state index contributed by atoms with van der Waals surface area (Å²) >= 11 is 0. The number of aromatic nitrogens is 2. The van der Waals surface area contributed by atoms with E-state index in [-0.39, 0.29) is 37.4 Å². The van der Waals surface area contributed by atoms with Gasteiger partial charge in [0.2, 0.25) is 5.91 Å². The maximum Gasteiger partial charge on any atom is 0.410 e. The fourth-order valence-electron chi connectivity index (χ4n) is 6.33. The highest BCUT2D eigenvalue weighted by atomic mass is 16.6. The number of rotatable bonds is 7. The Balaban J connectivity index is 1.45. The number of carbonyl (C=O) groups excluding carboxylic acids is 4. The fourth-order valence-corrected chi connectivity index (χ4v) is 6.33. The lowest BCUT2D eigenvalue weighted by Gasteiger charge is -2.37. The van der Waals surface area contributed by atoms with Gasteiger partial charge in [-0.1, -0.05) is 6.07 Å². The maximum atomic E-state index is 13.4. The molecule has 11 heteroatoms. The van der Waals surface area contributed by atoms with Crippen LogP contribution >= 0.6 is 0 Å². The second-order valence-electron chi connectivity index (χ2n) is 14.3. The number of amides is 3. The van der Waals surface area contributed by atoms with Gasteiger partial charge in [0.15, 0.2) is 0 Å². The fraction of sp³-hybridized carbons (Fsp3) is 0.514. The van der Waals surface area contributed by atoms with Crippen molar-refractivity contribution in [1.29, 1.82) is 0 Å². The Labute approximate surface area is 270 Å². The molecule has 2 aliphatic heterocycles. The van der Waals surface area contributed by atoms with Crippen LogP contribution in [0, 0.1) is 0 Å². The van der Waals surface area contributed by atoms with Gasteiger partial charge in [0, 0.05) is 49.3 Å². The molecule has 3 aromatic rings. The van der Waals surface area contributed by atoms with Crippen LogP contribution in [0.4, 0.5) is 4.79 Å². The van der Waals surface area contributed by atoms with E-state index in [0.29, 0.717) is 17.8 Å². The highest BCUT2D eigenvalue weighted by molar-refractivity contribution is 6.01. The van der Waals surface area contributed by atoms with Crippen molar-refractivity contribution in [2.45, 2.75) is 103 Å². The monoisotopic (exact) mass is 631 g/mol. The van der Waals surface area contributed by atoms with Crippen molar-refractivity contribution in [3.05, 3.63) is 53.2 Å². The molecule has 1 aromatic carbocycles. The Morgan fingerprint density at radius 3 is 2.41 bits per heavy atom. The van der Waals surface area contributed by atoms with Gasteiger partial charge >= 0.3 is 12.1 Å². The van der Waals surface area contributed by atoms with Crippen LogP contribution in [0.2, 0.25) is 0 Å². The molecule has 0 radical (unpaired) electrons. The Morgan fingerprint density at radius 2 is 1.74 bits per heavy atom. The van der Waals surface area contributed by atoms with Crippen molar-refractivity contribution in [3.8, 4) is 11.3 Å². The summed E-state index contributed by atoms with van der Waals surface area (Å²) in [5.74, 6) is -1.44. The molecule has 3 amide bonds. The number of nitrogens with zero attached hydrogens (tertiary/aromatic N) is 4. The third kappa shape index (κ3) is 7.03. The molecule has 4 heterocycles. The molecule has 0 spiro atoms. The summed E-state index contributed by atoms with van der Waals surface area (Å²) in [6, 6.07) is 8.47. The predicted octanol–water partition coefficient (Wildman–Crippen LogP) is 5.63. The largest absolute Gasteiger partial charge is 0.460 e. The first-order valence-corrected chi connectivity index (χ1v) is 15.9. The molecular formula is C35H45N5O6. The number of primary amides is 1. The molecule has 2 aliphatic rings. The number of ether oxygens (including phenoxy) is 2. The second-order valence-corrected chi connectivity index (χ2v) is 14.3. The van der Waals surface area contributed by atoms with Gasteiger partial charge in [-0.05, 0) is 103 Å². The van der Waals surface area contributed by atoms with Gasteiger partial charge < -0.3 is 29.6 Å². The van der Waals surface area contributed by atoms with E-state index < -0.39 is 29.1 Å². The van der Waals surface area contributed by atoms with E-state index in [1.54, 1.807) is 26.8 Å². The van der Waals surface area contributed by atoms with Crippen LogP contribution in [0.5, 0.6) is 0 Å². The molecule has 5 rings (SSSR count). The van der Waals surface area contributed by atoms with Crippen LogP contribution in [0.25, 0.3) is 22.3 Å². The van der Waals surface area contributed by atoms with E-state index in [1.807, 2.05) is 67.7 Å². The van der Waals surface area contributed by atoms with Gasteiger partial charge in [-0.15, -0.1) is 0 Å². The second kappa shape index (κ2) is 12.4. The van der Waals surface area contributed by atoms with Crippen LogP contribution in [-0.2, 0) is 32.7 Å². The molecule has 46 heavy (non-hydrogen) atoms.